The molecule has 0 N–H and O–H groups in total. The number of hydrogen-bond donors (Lipinski definition) is 0. The number of furan rings is 1. The van der Waals surface area contributed by atoms with E-state index >= 15 is 0 Å². The van der Waals surface area contributed by atoms with Crippen molar-refractivity contribution in [1.29, 1.82) is 0 Å². The highest BCUT2D eigenvalue weighted by Crippen LogP contribution is 2.37. The number of rotatable bonds is 3. The molecule has 3 nitrogen and oxygen atoms in total. The van der Waals surface area contributed by atoms with Crippen molar-refractivity contribution < 1.29 is 4.42 Å². The third kappa shape index (κ3) is 3.19. The second-order valence-electron chi connectivity index (χ2n) is 9.65. The lowest BCUT2D eigenvalue weighted by molar-refractivity contribution is 0.672. The number of para-hydroxylation sites is 2. The van der Waals surface area contributed by atoms with Crippen LogP contribution in [0.4, 0.5) is 0 Å². The van der Waals surface area contributed by atoms with Crippen LogP contribution in [0.3, 0.4) is 0 Å². The van der Waals surface area contributed by atoms with Crippen LogP contribution in [0, 0.1) is 0 Å². The molecule has 0 spiro atoms. The van der Waals surface area contributed by atoms with Crippen LogP contribution in [-0.4, -0.2) is 9.55 Å². The summed E-state index contributed by atoms with van der Waals surface area (Å²) < 4.78 is 8.60. The monoisotopic (exact) mass is 486 g/mol. The van der Waals surface area contributed by atoms with Gasteiger partial charge in [0.2, 0.25) is 0 Å². The Hall–Kier alpha value is -5.15. The number of imidazole rings is 1. The molecule has 0 bridgehead atoms. The lowest BCUT2D eigenvalue weighted by atomic mass is 10.0. The zero-order valence-electron chi connectivity index (χ0n) is 20.5. The Morgan fingerprint density at radius 1 is 0.526 bits per heavy atom. The van der Waals surface area contributed by atoms with Crippen molar-refractivity contribution >= 4 is 43.7 Å². The van der Waals surface area contributed by atoms with E-state index in [9.17, 15) is 0 Å². The molecule has 178 valence electrons. The summed E-state index contributed by atoms with van der Waals surface area (Å²) >= 11 is 0. The molecule has 0 saturated heterocycles. The zero-order valence-corrected chi connectivity index (χ0v) is 20.5. The molecular formula is C35H22N2O. The fourth-order valence-electron chi connectivity index (χ4n) is 5.58. The predicted molar refractivity (Wildman–Crippen MR) is 157 cm³/mol. The van der Waals surface area contributed by atoms with Crippen LogP contribution in [0.2, 0.25) is 0 Å². The van der Waals surface area contributed by atoms with E-state index in [4.69, 9.17) is 9.40 Å². The molecule has 8 rings (SSSR count). The van der Waals surface area contributed by atoms with Crippen molar-refractivity contribution in [1.82, 2.24) is 9.55 Å². The summed E-state index contributed by atoms with van der Waals surface area (Å²) in [5.74, 6) is 0.937. The Kier molecular flexibility index (Phi) is 4.52. The Bertz CT molecular complexity index is 2130. The first kappa shape index (κ1) is 21.0. The minimum atomic E-state index is 0.906. The van der Waals surface area contributed by atoms with Crippen LogP contribution in [0.1, 0.15) is 0 Å². The van der Waals surface area contributed by atoms with E-state index < -0.39 is 0 Å². The van der Waals surface area contributed by atoms with Crippen LogP contribution in [-0.2, 0) is 0 Å². The Morgan fingerprint density at radius 2 is 1.32 bits per heavy atom. The molecule has 0 radical (unpaired) electrons. The van der Waals surface area contributed by atoms with Gasteiger partial charge in [-0.3, -0.25) is 4.57 Å². The highest BCUT2D eigenvalue weighted by atomic mass is 16.3. The van der Waals surface area contributed by atoms with Gasteiger partial charge in [0.05, 0.1) is 11.0 Å². The van der Waals surface area contributed by atoms with Gasteiger partial charge in [-0.2, -0.15) is 0 Å². The molecule has 6 aromatic carbocycles. The van der Waals surface area contributed by atoms with Crippen molar-refractivity contribution in [2.75, 3.05) is 0 Å². The van der Waals surface area contributed by atoms with E-state index in [1.165, 1.54) is 5.39 Å². The third-order valence-electron chi connectivity index (χ3n) is 7.39. The number of fused-ring (bicyclic) bond motifs is 6. The second kappa shape index (κ2) is 8.19. The molecule has 8 aromatic rings. The van der Waals surface area contributed by atoms with Crippen LogP contribution in [0.25, 0.3) is 71.9 Å². The maximum Gasteiger partial charge on any atom is 0.145 e. The molecule has 0 atom stereocenters. The third-order valence-corrected chi connectivity index (χ3v) is 7.39. The van der Waals surface area contributed by atoms with Crippen molar-refractivity contribution in [2.24, 2.45) is 0 Å². The number of hydrogen-bond acceptors (Lipinski definition) is 2. The van der Waals surface area contributed by atoms with E-state index in [1.807, 2.05) is 12.1 Å². The van der Waals surface area contributed by atoms with Gasteiger partial charge in [0.1, 0.15) is 17.0 Å². The van der Waals surface area contributed by atoms with E-state index in [0.717, 1.165) is 66.6 Å². The van der Waals surface area contributed by atoms with E-state index in [-0.39, 0.29) is 0 Å². The quantitative estimate of drug-likeness (QED) is 0.249. The first-order valence-electron chi connectivity index (χ1n) is 12.8. The molecule has 2 aromatic heterocycles. The largest absolute Gasteiger partial charge is 0.455 e. The maximum absolute atomic E-state index is 6.34. The van der Waals surface area contributed by atoms with Gasteiger partial charge >= 0.3 is 0 Å². The fourth-order valence-corrected chi connectivity index (χ4v) is 5.58. The SMILES string of the molecule is c1ccc(-c2nc3ccccc3n2-c2cccc(-c3ccc4oc5c6ccccc6ccc5c4c3)c2)cc1. The minimum absolute atomic E-state index is 0.906. The minimum Gasteiger partial charge on any atom is -0.455 e. The Labute approximate surface area is 219 Å². The summed E-state index contributed by atoms with van der Waals surface area (Å²) in [6.45, 7) is 0. The van der Waals surface area contributed by atoms with Crippen LogP contribution in [0.5, 0.6) is 0 Å². The molecule has 0 saturated carbocycles. The van der Waals surface area contributed by atoms with Crippen molar-refractivity contribution in [3.63, 3.8) is 0 Å². The lowest BCUT2D eigenvalue weighted by Gasteiger charge is -2.12. The smallest absolute Gasteiger partial charge is 0.145 e. The topological polar surface area (TPSA) is 31.0 Å². The first-order chi connectivity index (χ1) is 18.8. The summed E-state index contributed by atoms with van der Waals surface area (Å²) in [4.78, 5) is 5.01. The van der Waals surface area contributed by atoms with Gasteiger partial charge in [-0.25, -0.2) is 4.98 Å². The van der Waals surface area contributed by atoms with Gasteiger partial charge in [0.25, 0.3) is 0 Å². The zero-order chi connectivity index (χ0) is 25.1. The van der Waals surface area contributed by atoms with Crippen molar-refractivity contribution in [3.05, 3.63) is 133 Å². The summed E-state index contributed by atoms with van der Waals surface area (Å²) in [5, 5.41) is 4.61. The van der Waals surface area contributed by atoms with Gasteiger partial charge < -0.3 is 4.42 Å². The average molecular weight is 487 g/mol. The lowest BCUT2D eigenvalue weighted by Crippen LogP contribution is -1.97. The molecule has 0 amide bonds. The van der Waals surface area contributed by atoms with Crippen molar-refractivity contribution in [3.8, 4) is 28.2 Å². The van der Waals surface area contributed by atoms with E-state index in [1.54, 1.807) is 0 Å². The summed E-state index contributed by atoms with van der Waals surface area (Å²) in [7, 11) is 0. The number of benzene rings is 6. The fraction of sp³-hybridized carbons (Fsp3) is 0. The number of aromatic nitrogens is 2. The first-order valence-corrected chi connectivity index (χ1v) is 12.8. The molecule has 38 heavy (non-hydrogen) atoms. The van der Waals surface area contributed by atoms with Gasteiger partial charge in [0, 0.05) is 27.4 Å². The van der Waals surface area contributed by atoms with E-state index in [0.29, 0.717) is 0 Å². The average Bonchev–Trinajstić information content (AvgIpc) is 3.56. The second-order valence-corrected chi connectivity index (χ2v) is 9.65. The highest BCUT2D eigenvalue weighted by molar-refractivity contribution is 6.15. The van der Waals surface area contributed by atoms with Crippen LogP contribution < -0.4 is 0 Å². The molecule has 0 aliphatic rings. The van der Waals surface area contributed by atoms with Crippen LogP contribution in [0.15, 0.2) is 138 Å². The standard InChI is InChI=1S/C35H22N2O/c1-2-10-24(11-3-1)35-36-31-15-6-7-16-32(31)37(35)27-13-8-12-25(21-27)26-18-20-33-30(22-26)29-19-17-23-9-4-5-14-28(23)34(29)38-33/h1-22H. The molecule has 0 unspecified atom stereocenters. The summed E-state index contributed by atoms with van der Waals surface area (Å²) in [6.07, 6.45) is 0. The van der Waals surface area contributed by atoms with Gasteiger partial charge in [-0.1, -0.05) is 91.0 Å². The molecule has 2 heterocycles. The normalized spacial score (nSPS) is 11.7. The maximum atomic E-state index is 6.34. The van der Waals surface area contributed by atoms with Gasteiger partial charge in [0.15, 0.2) is 0 Å². The predicted octanol–water partition coefficient (Wildman–Crippen LogP) is 9.41. The molecular weight excluding hydrogens is 464 g/mol. The summed E-state index contributed by atoms with van der Waals surface area (Å²) in [5.41, 5.74) is 8.40. The van der Waals surface area contributed by atoms with Gasteiger partial charge in [-0.05, 0) is 59.0 Å². The van der Waals surface area contributed by atoms with Crippen LogP contribution >= 0.6 is 0 Å². The Balaban J connectivity index is 1.31. The molecule has 0 aliphatic carbocycles. The molecule has 0 aliphatic heterocycles. The number of nitrogens with zero attached hydrogens (tertiary/aromatic N) is 2. The highest BCUT2D eigenvalue weighted by Gasteiger charge is 2.15. The Morgan fingerprint density at radius 3 is 2.26 bits per heavy atom. The van der Waals surface area contributed by atoms with Crippen molar-refractivity contribution in [2.45, 2.75) is 0 Å². The molecule has 0 fully saturated rings. The summed E-state index contributed by atoms with van der Waals surface area (Å²) in [6, 6.07) is 46.6. The van der Waals surface area contributed by atoms with Gasteiger partial charge in [-0.15, -0.1) is 0 Å². The van der Waals surface area contributed by atoms with E-state index in [2.05, 4.69) is 126 Å². The molecule has 3 heteroatoms.